The van der Waals surface area contributed by atoms with Crippen LogP contribution in [0.15, 0.2) is 46.9 Å². The van der Waals surface area contributed by atoms with Crippen LogP contribution in [0, 0.1) is 0 Å². The highest BCUT2D eigenvalue weighted by Crippen LogP contribution is 2.26. The fourth-order valence-corrected chi connectivity index (χ4v) is 3.64. The first-order valence-electron chi connectivity index (χ1n) is 9.30. The SMILES string of the molecule is COc1ccc(C(=O)N2CCN(C(=O)NCc3cccc(Br)c3)CC2)c(OC)c1. The summed E-state index contributed by atoms with van der Waals surface area (Å²) in [5.41, 5.74) is 1.51. The normalized spacial score (nSPS) is 13.8. The van der Waals surface area contributed by atoms with Gasteiger partial charge in [-0.05, 0) is 29.8 Å². The predicted octanol–water partition coefficient (Wildman–Crippen LogP) is 3.13. The number of ether oxygens (including phenoxy) is 2. The van der Waals surface area contributed by atoms with Gasteiger partial charge in [0, 0.05) is 43.3 Å². The van der Waals surface area contributed by atoms with Crippen LogP contribution in [0.1, 0.15) is 15.9 Å². The van der Waals surface area contributed by atoms with Gasteiger partial charge in [-0.1, -0.05) is 28.1 Å². The molecule has 0 spiro atoms. The topological polar surface area (TPSA) is 71.1 Å². The van der Waals surface area contributed by atoms with E-state index in [2.05, 4.69) is 21.2 Å². The van der Waals surface area contributed by atoms with Gasteiger partial charge in [-0.3, -0.25) is 4.79 Å². The lowest BCUT2D eigenvalue weighted by Gasteiger charge is -2.35. The fraction of sp³-hybridized carbons (Fsp3) is 0.333. The van der Waals surface area contributed by atoms with Gasteiger partial charge in [0.1, 0.15) is 11.5 Å². The molecular formula is C21H24BrN3O4. The third-order valence-corrected chi connectivity index (χ3v) is 5.32. The van der Waals surface area contributed by atoms with Crippen LogP contribution in [0.5, 0.6) is 11.5 Å². The van der Waals surface area contributed by atoms with E-state index in [4.69, 9.17) is 9.47 Å². The summed E-state index contributed by atoms with van der Waals surface area (Å²) in [6, 6.07) is 12.8. The van der Waals surface area contributed by atoms with Crippen LogP contribution in [0.3, 0.4) is 0 Å². The molecule has 1 heterocycles. The van der Waals surface area contributed by atoms with Crippen LogP contribution in [0.2, 0.25) is 0 Å². The average Bonchev–Trinajstić information content (AvgIpc) is 2.76. The van der Waals surface area contributed by atoms with Crippen LogP contribution in [-0.2, 0) is 6.54 Å². The van der Waals surface area contributed by atoms with Crippen molar-refractivity contribution in [3.63, 3.8) is 0 Å². The van der Waals surface area contributed by atoms with Crippen molar-refractivity contribution in [2.75, 3.05) is 40.4 Å². The molecule has 1 saturated heterocycles. The van der Waals surface area contributed by atoms with Gasteiger partial charge >= 0.3 is 6.03 Å². The van der Waals surface area contributed by atoms with E-state index >= 15 is 0 Å². The van der Waals surface area contributed by atoms with Gasteiger partial charge in [0.2, 0.25) is 0 Å². The van der Waals surface area contributed by atoms with Crippen molar-refractivity contribution in [3.8, 4) is 11.5 Å². The molecule has 0 atom stereocenters. The molecule has 29 heavy (non-hydrogen) atoms. The van der Waals surface area contributed by atoms with Crippen LogP contribution >= 0.6 is 15.9 Å². The molecule has 2 aromatic rings. The number of halogens is 1. The van der Waals surface area contributed by atoms with Crippen LogP contribution in [-0.4, -0.2) is 62.1 Å². The zero-order valence-corrected chi connectivity index (χ0v) is 18.1. The Hall–Kier alpha value is -2.74. The number of urea groups is 1. The van der Waals surface area contributed by atoms with Crippen LogP contribution in [0.4, 0.5) is 4.79 Å². The van der Waals surface area contributed by atoms with E-state index in [9.17, 15) is 9.59 Å². The summed E-state index contributed by atoms with van der Waals surface area (Å²) >= 11 is 3.43. The van der Waals surface area contributed by atoms with E-state index in [1.54, 1.807) is 35.1 Å². The number of hydrogen-bond donors (Lipinski definition) is 1. The van der Waals surface area contributed by atoms with Gasteiger partial charge in [-0.25, -0.2) is 4.79 Å². The number of carbonyl (C=O) groups excluding carboxylic acids is 2. The van der Waals surface area contributed by atoms with Crippen LogP contribution in [0.25, 0.3) is 0 Å². The molecule has 1 N–H and O–H groups in total. The number of rotatable bonds is 5. The second-order valence-electron chi connectivity index (χ2n) is 6.63. The van der Waals surface area contributed by atoms with Crippen molar-refractivity contribution >= 4 is 27.9 Å². The molecule has 1 aliphatic heterocycles. The van der Waals surface area contributed by atoms with Crippen molar-refractivity contribution in [3.05, 3.63) is 58.1 Å². The maximum absolute atomic E-state index is 12.9. The van der Waals surface area contributed by atoms with Crippen molar-refractivity contribution < 1.29 is 19.1 Å². The summed E-state index contributed by atoms with van der Waals surface area (Å²) in [5, 5.41) is 2.93. The zero-order chi connectivity index (χ0) is 20.8. The lowest BCUT2D eigenvalue weighted by molar-refractivity contribution is 0.0661. The van der Waals surface area contributed by atoms with Gasteiger partial charge in [0.05, 0.1) is 19.8 Å². The van der Waals surface area contributed by atoms with Gasteiger partial charge in [0.15, 0.2) is 0 Å². The molecule has 0 radical (unpaired) electrons. The number of nitrogens with zero attached hydrogens (tertiary/aromatic N) is 2. The largest absolute Gasteiger partial charge is 0.497 e. The fourth-order valence-electron chi connectivity index (χ4n) is 3.19. The van der Waals surface area contributed by atoms with Crippen LogP contribution < -0.4 is 14.8 Å². The first-order valence-corrected chi connectivity index (χ1v) is 10.1. The van der Waals surface area contributed by atoms with E-state index in [1.165, 1.54) is 7.11 Å². The molecule has 0 unspecified atom stereocenters. The van der Waals surface area contributed by atoms with E-state index < -0.39 is 0 Å². The minimum Gasteiger partial charge on any atom is -0.497 e. The highest BCUT2D eigenvalue weighted by atomic mass is 79.9. The number of amides is 3. The number of carbonyl (C=O) groups is 2. The average molecular weight is 462 g/mol. The van der Waals surface area contributed by atoms with Gasteiger partial charge in [-0.15, -0.1) is 0 Å². The molecule has 1 aliphatic rings. The minimum atomic E-state index is -0.126. The van der Waals surface area contributed by atoms with E-state index in [1.807, 2.05) is 24.3 Å². The summed E-state index contributed by atoms with van der Waals surface area (Å²) in [4.78, 5) is 28.8. The molecule has 0 aromatic heterocycles. The van der Waals surface area contributed by atoms with Crippen molar-refractivity contribution in [1.82, 2.24) is 15.1 Å². The lowest BCUT2D eigenvalue weighted by atomic mass is 10.1. The Bertz CT molecular complexity index is 882. The lowest BCUT2D eigenvalue weighted by Crippen LogP contribution is -2.53. The molecule has 1 fully saturated rings. The van der Waals surface area contributed by atoms with Crippen molar-refractivity contribution in [2.45, 2.75) is 6.54 Å². The Morgan fingerprint density at radius 3 is 2.38 bits per heavy atom. The molecule has 8 heteroatoms. The first-order chi connectivity index (χ1) is 14.0. The second-order valence-corrected chi connectivity index (χ2v) is 7.55. The third kappa shape index (κ3) is 5.20. The summed E-state index contributed by atoms with van der Waals surface area (Å²) in [6.45, 7) is 2.36. The van der Waals surface area contributed by atoms with E-state index in [0.717, 1.165) is 10.0 Å². The van der Waals surface area contributed by atoms with Gasteiger partial charge in [-0.2, -0.15) is 0 Å². The summed E-state index contributed by atoms with van der Waals surface area (Å²) in [7, 11) is 3.09. The van der Waals surface area contributed by atoms with Gasteiger partial charge in [0.25, 0.3) is 5.91 Å². The standard InChI is InChI=1S/C21H24BrN3O4/c1-28-17-6-7-18(19(13-17)29-2)20(26)24-8-10-25(11-9-24)21(27)23-14-15-4-3-5-16(22)12-15/h3-7,12-13H,8-11,14H2,1-2H3,(H,23,27). The minimum absolute atomic E-state index is 0.112. The number of nitrogens with one attached hydrogen (secondary N) is 1. The monoisotopic (exact) mass is 461 g/mol. The Kier molecular flexibility index (Phi) is 6.98. The molecular weight excluding hydrogens is 438 g/mol. The van der Waals surface area contributed by atoms with Crippen molar-refractivity contribution in [1.29, 1.82) is 0 Å². The van der Waals surface area contributed by atoms with Gasteiger partial charge < -0.3 is 24.6 Å². The number of piperazine rings is 1. The first kappa shape index (κ1) is 21.0. The molecule has 154 valence electrons. The van der Waals surface area contributed by atoms with Crippen molar-refractivity contribution in [2.24, 2.45) is 0 Å². The molecule has 0 aliphatic carbocycles. The highest BCUT2D eigenvalue weighted by Gasteiger charge is 2.26. The highest BCUT2D eigenvalue weighted by molar-refractivity contribution is 9.10. The Balaban J connectivity index is 1.54. The summed E-state index contributed by atoms with van der Waals surface area (Å²) in [5.74, 6) is 0.993. The second kappa shape index (κ2) is 9.65. The third-order valence-electron chi connectivity index (χ3n) is 4.83. The molecule has 7 nitrogen and oxygen atoms in total. The maximum Gasteiger partial charge on any atom is 0.317 e. The number of methoxy groups -OCH3 is 2. The maximum atomic E-state index is 12.9. The Labute approximate surface area is 178 Å². The number of benzene rings is 2. The van der Waals surface area contributed by atoms with E-state index in [0.29, 0.717) is 49.8 Å². The Morgan fingerprint density at radius 2 is 1.72 bits per heavy atom. The zero-order valence-electron chi connectivity index (χ0n) is 16.5. The Morgan fingerprint density at radius 1 is 1.00 bits per heavy atom. The molecule has 0 saturated carbocycles. The van der Waals surface area contributed by atoms with E-state index in [-0.39, 0.29) is 11.9 Å². The molecule has 0 bridgehead atoms. The smallest absolute Gasteiger partial charge is 0.317 e. The quantitative estimate of drug-likeness (QED) is 0.742. The summed E-state index contributed by atoms with van der Waals surface area (Å²) in [6.07, 6.45) is 0. The predicted molar refractivity (Wildman–Crippen MR) is 113 cm³/mol. The molecule has 3 amide bonds. The summed E-state index contributed by atoms with van der Waals surface area (Å²) < 4.78 is 11.5. The molecule has 2 aromatic carbocycles. The number of hydrogen-bond acceptors (Lipinski definition) is 4. The molecule has 3 rings (SSSR count).